The first kappa shape index (κ1) is 16.3. The van der Waals surface area contributed by atoms with Crippen molar-refractivity contribution in [1.82, 2.24) is 4.90 Å². The molecule has 5 heteroatoms. The molecule has 1 atom stereocenters. The van der Waals surface area contributed by atoms with E-state index < -0.39 is 0 Å². The van der Waals surface area contributed by atoms with Crippen molar-refractivity contribution in [2.75, 3.05) is 19.8 Å². The van der Waals surface area contributed by atoms with Gasteiger partial charge < -0.3 is 14.4 Å². The highest BCUT2D eigenvalue weighted by Crippen LogP contribution is 2.36. The molecule has 130 valence electrons. The van der Waals surface area contributed by atoms with Gasteiger partial charge in [-0.25, -0.2) is 0 Å². The van der Waals surface area contributed by atoms with Crippen LogP contribution in [0.1, 0.15) is 18.1 Å². The minimum atomic E-state index is -0.132. The largest absolute Gasteiger partial charge is 0.486 e. The van der Waals surface area contributed by atoms with Gasteiger partial charge in [-0.1, -0.05) is 24.3 Å². The number of rotatable bonds is 3. The highest BCUT2D eigenvalue weighted by molar-refractivity contribution is 8.00. The number of hydrogen-bond donors (Lipinski definition) is 0. The van der Waals surface area contributed by atoms with E-state index in [0.717, 1.165) is 29.4 Å². The number of fused-ring (bicyclic) bond motifs is 2. The molecule has 0 unspecified atom stereocenters. The van der Waals surface area contributed by atoms with Crippen LogP contribution in [0.4, 0.5) is 0 Å². The number of carbonyl (C=O) groups is 1. The molecule has 0 N–H and O–H groups in total. The van der Waals surface area contributed by atoms with Gasteiger partial charge in [-0.3, -0.25) is 4.79 Å². The molecule has 4 nitrogen and oxygen atoms in total. The van der Waals surface area contributed by atoms with Gasteiger partial charge in [0, 0.05) is 18.0 Å². The van der Waals surface area contributed by atoms with E-state index in [1.807, 2.05) is 36.1 Å². The zero-order valence-electron chi connectivity index (χ0n) is 14.2. The minimum Gasteiger partial charge on any atom is -0.486 e. The fourth-order valence-corrected chi connectivity index (χ4v) is 4.27. The number of carbonyl (C=O) groups excluding carboxylic acids is 1. The molecule has 2 aromatic carbocycles. The first-order valence-corrected chi connectivity index (χ1v) is 9.50. The van der Waals surface area contributed by atoms with Crippen LogP contribution >= 0.6 is 11.8 Å². The summed E-state index contributed by atoms with van der Waals surface area (Å²) < 4.78 is 11.2. The molecule has 0 fully saturated rings. The Hall–Kier alpha value is -2.14. The lowest BCUT2D eigenvalue weighted by atomic mass is 10.00. The van der Waals surface area contributed by atoms with Crippen molar-refractivity contribution in [2.24, 2.45) is 0 Å². The molecule has 0 radical (unpaired) electrons. The van der Waals surface area contributed by atoms with Crippen LogP contribution in [0.2, 0.25) is 0 Å². The third-order valence-electron chi connectivity index (χ3n) is 4.62. The molecule has 0 bridgehead atoms. The maximum atomic E-state index is 12.9. The molecule has 0 saturated heterocycles. The summed E-state index contributed by atoms with van der Waals surface area (Å²) in [5.41, 5.74) is 2.62. The number of thioether (sulfide) groups is 1. The fourth-order valence-electron chi connectivity index (χ4n) is 3.29. The van der Waals surface area contributed by atoms with Gasteiger partial charge in [0.2, 0.25) is 5.91 Å². The van der Waals surface area contributed by atoms with Crippen molar-refractivity contribution in [3.63, 3.8) is 0 Å². The summed E-state index contributed by atoms with van der Waals surface area (Å²) in [6, 6.07) is 14.3. The predicted molar refractivity (Wildman–Crippen MR) is 98.3 cm³/mol. The second-order valence-corrected chi connectivity index (χ2v) is 7.76. The quantitative estimate of drug-likeness (QED) is 0.790. The van der Waals surface area contributed by atoms with Crippen LogP contribution in [0, 0.1) is 0 Å². The summed E-state index contributed by atoms with van der Waals surface area (Å²) in [7, 11) is 0. The van der Waals surface area contributed by atoms with Gasteiger partial charge >= 0.3 is 0 Å². The highest BCUT2D eigenvalue weighted by Gasteiger charge is 2.25. The van der Waals surface area contributed by atoms with E-state index in [1.165, 1.54) is 11.1 Å². The third-order valence-corrected chi connectivity index (χ3v) is 5.70. The van der Waals surface area contributed by atoms with Gasteiger partial charge in [-0.05, 0) is 42.7 Å². The lowest BCUT2D eigenvalue weighted by molar-refractivity contribution is -0.131. The third kappa shape index (κ3) is 3.47. The topological polar surface area (TPSA) is 38.8 Å². The fraction of sp³-hybridized carbons (Fsp3) is 0.350. The zero-order chi connectivity index (χ0) is 17.2. The highest BCUT2D eigenvalue weighted by atomic mass is 32.2. The van der Waals surface area contributed by atoms with Crippen LogP contribution in [-0.4, -0.2) is 35.8 Å². The summed E-state index contributed by atoms with van der Waals surface area (Å²) in [4.78, 5) is 15.9. The normalized spacial score (nSPS) is 16.9. The number of hydrogen-bond acceptors (Lipinski definition) is 4. The standard InChI is InChI=1S/C20H21NO3S/c1-14(25-17-6-7-18-19(12-17)24-11-10-23-18)20(22)21-9-8-15-4-2-3-5-16(15)13-21/h2-7,12,14H,8-11,13H2,1H3/t14-/m0/s1. The second-order valence-electron chi connectivity index (χ2n) is 6.34. The maximum absolute atomic E-state index is 12.9. The van der Waals surface area contributed by atoms with Crippen LogP contribution in [0.15, 0.2) is 47.4 Å². The molecule has 0 aromatic heterocycles. The smallest absolute Gasteiger partial charge is 0.236 e. The van der Waals surface area contributed by atoms with Crippen LogP contribution in [0.5, 0.6) is 11.5 Å². The number of ether oxygens (including phenoxy) is 2. The van der Waals surface area contributed by atoms with Crippen molar-refractivity contribution in [1.29, 1.82) is 0 Å². The first-order chi connectivity index (χ1) is 12.2. The number of amides is 1. The molecular formula is C20H21NO3S. The Balaban J connectivity index is 1.43. The van der Waals surface area contributed by atoms with Crippen LogP contribution in [0.3, 0.4) is 0 Å². The van der Waals surface area contributed by atoms with E-state index in [1.54, 1.807) is 11.8 Å². The molecule has 0 spiro atoms. The van der Waals surface area contributed by atoms with E-state index in [-0.39, 0.29) is 11.2 Å². The van der Waals surface area contributed by atoms with E-state index in [4.69, 9.17) is 9.47 Å². The molecule has 0 aliphatic carbocycles. The van der Waals surface area contributed by atoms with Gasteiger partial charge in [0.1, 0.15) is 13.2 Å². The van der Waals surface area contributed by atoms with E-state index >= 15 is 0 Å². The summed E-state index contributed by atoms with van der Waals surface area (Å²) in [6.07, 6.45) is 0.934. The van der Waals surface area contributed by atoms with Gasteiger partial charge in [-0.15, -0.1) is 11.8 Å². The van der Waals surface area contributed by atoms with Crippen molar-refractivity contribution in [3.8, 4) is 11.5 Å². The maximum Gasteiger partial charge on any atom is 0.236 e. The number of nitrogens with zero attached hydrogens (tertiary/aromatic N) is 1. The Labute approximate surface area is 152 Å². The van der Waals surface area contributed by atoms with Crippen LogP contribution in [0.25, 0.3) is 0 Å². The molecule has 0 saturated carbocycles. The van der Waals surface area contributed by atoms with Gasteiger partial charge in [0.05, 0.1) is 5.25 Å². The minimum absolute atomic E-state index is 0.132. The summed E-state index contributed by atoms with van der Waals surface area (Å²) in [5.74, 6) is 1.74. The molecule has 2 heterocycles. The monoisotopic (exact) mass is 355 g/mol. The lowest BCUT2D eigenvalue weighted by Gasteiger charge is -2.30. The average Bonchev–Trinajstić information content (AvgIpc) is 2.67. The van der Waals surface area contributed by atoms with Crippen molar-refractivity contribution >= 4 is 17.7 Å². The average molecular weight is 355 g/mol. The zero-order valence-corrected chi connectivity index (χ0v) is 15.1. The molecule has 2 aromatic rings. The van der Waals surface area contributed by atoms with Gasteiger partial charge in [0.15, 0.2) is 11.5 Å². The van der Waals surface area contributed by atoms with E-state index in [0.29, 0.717) is 19.8 Å². The van der Waals surface area contributed by atoms with E-state index in [2.05, 4.69) is 18.2 Å². The lowest BCUT2D eigenvalue weighted by Crippen LogP contribution is -2.40. The molecule has 1 amide bonds. The summed E-state index contributed by atoms with van der Waals surface area (Å²) in [6.45, 7) is 4.64. The molecule has 2 aliphatic rings. The van der Waals surface area contributed by atoms with Gasteiger partial charge in [0.25, 0.3) is 0 Å². The van der Waals surface area contributed by atoms with Crippen molar-refractivity contribution < 1.29 is 14.3 Å². The Morgan fingerprint density at radius 1 is 1.08 bits per heavy atom. The molecule has 2 aliphatic heterocycles. The Kier molecular flexibility index (Phi) is 4.57. The Morgan fingerprint density at radius 2 is 1.84 bits per heavy atom. The van der Waals surface area contributed by atoms with E-state index in [9.17, 15) is 4.79 Å². The van der Waals surface area contributed by atoms with Gasteiger partial charge in [-0.2, -0.15) is 0 Å². The predicted octanol–water partition coefficient (Wildman–Crippen LogP) is 3.52. The molecule has 4 rings (SSSR count). The second kappa shape index (κ2) is 7.00. The van der Waals surface area contributed by atoms with Crippen molar-refractivity contribution in [2.45, 2.75) is 30.0 Å². The SMILES string of the molecule is C[C@H](Sc1ccc2c(c1)OCCO2)C(=O)N1CCc2ccccc2C1. The van der Waals surface area contributed by atoms with Crippen LogP contribution < -0.4 is 9.47 Å². The molecule has 25 heavy (non-hydrogen) atoms. The number of benzene rings is 2. The first-order valence-electron chi connectivity index (χ1n) is 8.62. The van der Waals surface area contributed by atoms with Crippen LogP contribution in [-0.2, 0) is 17.8 Å². The Morgan fingerprint density at radius 3 is 2.68 bits per heavy atom. The Bertz CT molecular complexity index is 792. The molecular weight excluding hydrogens is 334 g/mol. The van der Waals surface area contributed by atoms with Crippen molar-refractivity contribution in [3.05, 3.63) is 53.6 Å². The summed E-state index contributed by atoms with van der Waals surface area (Å²) in [5, 5.41) is -0.132. The summed E-state index contributed by atoms with van der Waals surface area (Å²) >= 11 is 1.57.